The maximum Gasteiger partial charge on any atom is 0.336 e. The fourth-order valence-electron chi connectivity index (χ4n) is 1.38. The maximum absolute atomic E-state index is 11.4. The number of rotatable bonds is 3. The van der Waals surface area contributed by atoms with Crippen molar-refractivity contribution in [2.24, 2.45) is 5.10 Å². The largest absolute Gasteiger partial charge is 0.478 e. The monoisotopic (exact) mass is 280 g/mol. The second-order valence-electron chi connectivity index (χ2n) is 3.40. The number of carbonyl (C=O) groups is 2. The van der Waals surface area contributed by atoms with Gasteiger partial charge >= 0.3 is 5.97 Å². The lowest BCUT2D eigenvalue weighted by molar-refractivity contribution is -0.123. The van der Waals surface area contributed by atoms with Crippen molar-refractivity contribution in [3.63, 3.8) is 0 Å². The third kappa shape index (κ3) is 2.57. The molecule has 18 heavy (non-hydrogen) atoms. The maximum atomic E-state index is 11.4. The highest BCUT2D eigenvalue weighted by atomic mass is 32.2. The van der Waals surface area contributed by atoms with Crippen molar-refractivity contribution in [2.75, 3.05) is 5.75 Å². The molecule has 2 rings (SSSR count). The van der Waals surface area contributed by atoms with Crippen molar-refractivity contribution in [3.8, 4) is 0 Å². The molecule has 0 atom stereocenters. The minimum Gasteiger partial charge on any atom is -0.478 e. The van der Waals surface area contributed by atoms with Gasteiger partial charge in [0.15, 0.2) is 4.32 Å². The van der Waals surface area contributed by atoms with E-state index in [0.717, 1.165) is 5.01 Å². The first kappa shape index (κ1) is 12.7. The van der Waals surface area contributed by atoms with Gasteiger partial charge in [-0.15, -0.1) is 0 Å². The SMILES string of the molecule is O=C(O)c1ccccc1C=NN1C(=O)CSC1=S. The second kappa shape index (κ2) is 5.28. The number of nitrogens with zero attached hydrogens (tertiary/aromatic N) is 2. The molecule has 1 N–H and O–H groups in total. The number of thioether (sulfide) groups is 1. The van der Waals surface area contributed by atoms with E-state index in [4.69, 9.17) is 17.3 Å². The van der Waals surface area contributed by atoms with E-state index in [0.29, 0.717) is 9.88 Å². The predicted octanol–water partition coefficient (Wildman–Crippen LogP) is 1.58. The topological polar surface area (TPSA) is 70.0 Å². The van der Waals surface area contributed by atoms with E-state index in [-0.39, 0.29) is 17.2 Å². The van der Waals surface area contributed by atoms with Crippen LogP contribution in [0.15, 0.2) is 29.4 Å². The van der Waals surface area contributed by atoms with Crippen molar-refractivity contribution >= 4 is 46.4 Å². The Morgan fingerprint density at radius 1 is 1.50 bits per heavy atom. The highest BCUT2D eigenvalue weighted by Gasteiger charge is 2.26. The van der Waals surface area contributed by atoms with Crippen LogP contribution in [0.3, 0.4) is 0 Å². The second-order valence-corrected chi connectivity index (χ2v) is 5.01. The van der Waals surface area contributed by atoms with Gasteiger partial charge < -0.3 is 5.11 Å². The number of carboxylic acids is 1. The minimum absolute atomic E-state index is 0.131. The normalized spacial score (nSPS) is 15.7. The summed E-state index contributed by atoms with van der Waals surface area (Å²) in [6.07, 6.45) is 1.33. The number of hydrogen-bond acceptors (Lipinski definition) is 5. The Morgan fingerprint density at radius 3 is 2.83 bits per heavy atom. The number of carbonyl (C=O) groups excluding carboxylic acids is 1. The molecule has 1 aliphatic heterocycles. The first-order valence-electron chi connectivity index (χ1n) is 4.95. The molecule has 0 saturated carbocycles. The molecular weight excluding hydrogens is 272 g/mol. The molecule has 0 radical (unpaired) electrons. The zero-order valence-corrected chi connectivity index (χ0v) is 10.7. The molecule has 1 aliphatic rings. The zero-order chi connectivity index (χ0) is 13.1. The summed E-state index contributed by atoms with van der Waals surface area (Å²) in [7, 11) is 0. The lowest BCUT2D eigenvalue weighted by atomic mass is 10.1. The van der Waals surface area contributed by atoms with Crippen LogP contribution in [-0.2, 0) is 4.79 Å². The standard InChI is InChI=1S/C11H8N2O3S2/c14-9-6-18-11(17)13(9)12-5-7-3-1-2-4-8(7)10(15)16/h1-5H,6H2,(H,15,16). The first-order chi connectivity index (χ1) is 8.59. The Labute approximate surface area is 112 Å². The molecule has 0 aromatic heterocycles. The summed E-state index contributed by atoms with van der Waals surface area (Å²) < 4.78 is 0.379. The summed E-state index contributed by atoms with van der Waals surface area (Å²) in [5.41, 5.74) is 0.559. The number of aromatic carboxylic acids is 1. The van der Waals surface area contributed by atoms with Crippen LogP contribution in [0, 0.1) is 0 Å². The molecular formula is C11H8N2O3S2. The van der Waals surface area contributed by atoms with Crippen LogP contribution in [0.4, 0.5) is 0 Å². The highest BCUT2D eigenvalue weighted by molar-refractivity contribution is 8.23. The van der Waals surface area contributed by atoms with Gasteiger partial charge in [-0.3, -0.25) is 4.79 Å². The molecule has 1 saturated heterocycles. The fraction of sp³-hybridized carbons (Fsp3) is 0.0909. The number of thiocarbonyl (C=S) groups is 1. The Morgan fingerprint density at radius 2 is 2.22 bits per heavy atom. The van der Waals surface area contributed by atoms with Gasteiger partial charge in [-0.25, -0.2) is 4.79 Å². The molecule has 1 heterocycles. The average molecular weight is 280 g/mol. The number of benzene rings is 1. The number of amides is 1. The lowest BCUT2D eigenvalue weighted by Crippen LogP contribution is -2.22. The van der Waals surface area contributed by atoms with Gasteiger partial charge in [0.2, 0.25) is 0 Å². The summed E-state index contributed by atoms with van der Waals surface area (Å²) in [5.74, 6) is -0.965. The van der Waals surface area contributed by atoms with Gasteiger partial charge in [-0.05, 0) is 6.07 Å². The highest BCUT2D eigenvalue weighted by Crippen LogP contribution is 2.19. The van der Waals surface area contributed by atoms with Gasteiger partial charge in [0.25, 0.3) is 5.91 Å². The van der Waals surface area contributed by atoms with Crippen molar-refractivity contribution in [1.82, 2.24) is 5.01 Å². The van der Waals surface area contributed by atoms with Gasteiger partial charge in [-0.2, -0.15) is 10.1 Å². The van der Waals surface area contributed by atoms with E-state index in [9.17, 15) is 9.59 Å². The fourth-order valence-corrected chi connectivity index (χ4v) is 2.35. The van der Waals surface area contributed by atoms with Crippen molar-refractivity contribution in [2.45, 2.75) is 0 Å². The van der Waals surface area contributed by atoms with Crippen LogP contribution in [-0.4, -0.2) is 38.3 Å². The zero-order valence-electron chi connectivity index (χ0n) is 9.07. The van der Waals surface area contributed by atoms with E-state index in [1.807, 2.05) is 0 Å². The van der Waals surface area contributed by atoms with Crippen LogP contribution >= 0.6 is 24.0 Å². The molecule has 0 unspecified atom stereocenters. The van der Waals surface area contributed by atoms with Crippen LogP contribution in [0.25, 0.3) is 0 Å². The number of hydrogen-bond donors (Lipinski definition) is 1. The quantitative estimate of drug-likeness (QED) is 0.672. The van der Waals surface area contributed by atoms with E-state index >= 15 is 0 Å². The van der Waals surface area contributed by atoms with Gasteiger partial charge in [0.1, 0.15) is 0 Å². The Balaban J connectivity index is 2.26. The molecule has 0 spiro atoms. The van der Waals surface area contributed by atoms with Crippen molar-refractivity contribution in [3.05, 3.63) is 35.4 Å². The van der Waals surface area contributed by atoms with Gasteiger partial charge in [0, 0.05) is 5.56 Å². The lowest BCUT2D eigenvalue weighted by Gasteiger charge is -2.07. The van der Waals surface area contributed by atoms with Crippen molar-refractivity contribution in [1.29, 1.82) is 0 Å². The third-order valence-corrected chi connectivity index (χ3v) is 3.57. The van der Waals surface area contributed by atoms with Crippen LogP contribution < -0.4 is 0 Å². The molecule has 92 valence electrons. The van der Waals surface area contributed by atoms with Gasteiger partial charge in [0.05, 0.1) is 17.5 Å². The molecule has 7 heteroatoms. The summed E-state index contributed by atoms with van der Waals surface area (Å²) in [5, 5.41) is 14.0. The van der Waals surface area contributed by atoms with E-state index in [1.165, 1.54) is 24.0 Å². The molecule has 1 aromatic carbocycles. The predicted molar refractivity (Wildman–Crippen MR) is 72.9 cm³/mol. The summed E-state index contributed by atoms with van der Waals surface area (Å²) >= 11 is 6.19. The summed E-state index contributed by atoms with van der Waals surface area (Å²) in [6, 6.07) is 6.42. The molecule has 1 aromatic rings. The molecule has 1 amide bonds. The van der Waals surface area contributed by atoms with E-state index < -0.39 is 5.97 Å². The Bertz CT molecular complexity index is 541. The molecule has 1 fully saturated rings. The van der Waals surface area contributed by atoms with E-state index in [2.05, 4.69) is 5.10 Å². The smallest absolute Gasteiger partial charge is 0.336 e. The number of carboxylic acid groups (broad SMARTS) is 1. The number of hydrazone groups is 1. The molecule has 0 bridgehead atoms. The Hall–Kier alpha value is -1.73. The van der Waals surface area contributed by atoms with E-state index in [1.54, 1.807) is 18.2 Å². The summed E-state index contributed by atoms with van der Waals surface area (Å²) in [6.45, 7) is 0. The van der Waals surface area contributed by atoms with Crippen LogP contribution in [0.5, 0.6) is 0 Å². The average Bonchev–Trinajstić information content (AvgIpc) is 2.67. The molecule has 5 nitrogen and oxygen atoms in total. The van der Waals surface area contributed by atoms with Gasteiger partial charge in [-0.1, -0.05) is 42.2 Å². The van der Waals surface area contributed by atoms with Crippen LogP contribution in [0.2, 0.25) is 0 Å². The Kier molecular flexibility index (Phi) is 3.73. The van der Waals surface area contributed by atoms with Crippen LogP contribution in [0.1, 0.15) is 15.9 Å². The third-order valence-electron chi connectivity index (χ3n) is 2.23. The first-order valence-corrected chi connectivity index (χ1v) is 6.35. The minimum atomic E-state index is -1.04. The van der Waals surface area contributed by atoms with Crippen molar-refractivity contribution < 1.29 is 14.7 Å². The summed E-state index contributed by atoms with van der Waals surface area (Å²) in [4.78, 5) is 22.4. The molecule has 0 aliphatic carbocycles.